The molecule has 4 N–H and O–H groups in total. The second-order valence-electron chi connectivity index (χ2n) is 2.63. The van der Waals surface area contributed by atoms with Crippen molar-refractivity contribution in [1.82, 2.24) is 0 Å². The first kappa shape index (κ1) is 11.6. The Kier molecular flexibility index (Phi) is 4.44. The third kappa shape index (κ3) is 3.01. The van der Waals surface area contributed by atoms with Crippen LogP contribution >= 0.6 is 27.7 Å². The Balaban J connectivity index is 2.84. The molecule has 0 fully saturated rings. The number of amidine groups is 1. The van der Waals surface area contributed by atoms with Crippen LogP contribution in [0.2, 0.25) is 0 Å². The Morgan fingerprint density at radius 1 is 1.57 bits per heavy atom. The van der Waals surface area contributed by atoms with Gasteiger partial charge in [0.1, 0.15) is 5.84 Å². The number of rotatable bonds is 4. The van der Waals surface area contributed by atoms with E-state index in [0.717, 1.165) is 9.37 Å². The topological polar surface area (TPSA) is 70.1 Å². The zero-order valence-electron chi connectivity index (χ0n) is 7.46. The highest BCUT2D eigenvalue weighted by atomic mass is 79.9. The van der Waals surface area contributed by atoms with Crippen molar-refractivity contribution in [3.05, 3.63) is 28.2 Å². The maximum absolute atomic E-state index is 8.67. The fourth-order valence-corrected chi connectivity index (χ4v) is 2.34. The van der Waals surface area contributed by atoms with Gasteiger partial charge in [-0.2, -0.15) is 0 Å². The Bertz CT molecular complexity index is 344. The van der Waals surface area contributed by atoms with Gasteiger partial charge >= 0.3 is 0 Å². The van der Waals surface area contributed by atoms with E-state index in [-0.39, 0.29) is 12.4 Å². The van der Waals surface area contributed by atoms with Gasteiger partial charge in [-0.1, -0.05) is 6.07 Å². The van der Waals surface area contributed by atoms with E-state index in [0.29, 0.717) is 11.3 Å². The highest BCUT2D eigenvalue weighted by Crippen LogP contribution is 2.27. The lowest BCUT2D eigenvalue weighted by Gasteiger charge is -2.05. The van der Waals surface area contributed by atoms with Crippen LogP contribution in [0.25, 0.3) is 0 Å². The summed E-state index contributed by atoms with van der Waals surface area (Å²) in [5.74, 6) is 0.724. The van der Waals surface area contributed by atoms with E-state index in [1.807, 2.05) is 12.1 Å². The SMILES string of the molecule is N=C(N)c1ccc(SCCO)c(Br)c1. The number of halogens is 1. The van der Waals surface area contributed by atoms with E-state index in [9.17, 15) is 0 Å². The fourth-order valence-electron chi connectivity index (χ4n) is 0.941. The Labute approximate surface area is 95.3 Å². The molecule has 0 atom stereocenters. The van der Waals surface area contributed by atoms with Crippen LogP contribution in [-0.4, -0.2) is 23.3 Å². The Morgan fingerprint density at radius 3 is 2.79 bits per heavy atom. The molecule has 0 amide bonds. The molecule has 0 aliphatic heterocycles. The van der Waals surface area contributed by atoms with Gasteiger partial charge in [0.25, 0.3) is 0 Å². The number of nitrogens with one attached hydrogen (secondary N) is 1. The van der Waals surface area contributed by atoms with Crippen LogP contribution in [0.1, 0.15) is 5.56 Å². The lowest BCUT2D eigenvalue weighted by Crippen LogP contribution is -2.10. The summed E-state index contributed by atoms with van der Waals surface area (Å²) in [6.07, 6.45) is 0. The van der Waals surface area contributed by atoms with Crippen molar-refractivity contribution >= 4 is 33.5 Å². The molecule has 0 radical (unpaired) electrons. The summed E-state index contributed by atoms with van der Waals surface area (Å²) >= 11 is 4.95. The second kappa shape index (κ2) is 5.38. The molecule has 0 saturated carbocycles. The third-order valence-electron chi connectivity index (χ3n) is 1.59. The predicted octanol–water partition coefficient (Wildman–Crippen LogP) is 1.82. The average molecular weight is 275 g/mol. The number of nitrogen functional groups attached to an aromatic ring is 1. The van der Waals surface area contributed by atoms with Crippen molar-refractivity contribution < 1.29 is 5.11 Å². The van der Waals surface area contributed by atoms with Gasteiger partial charge in [-0.15, -0.1) is 11.8 Å². The molecular weight excluding hydrogens is 264 g/mol. The third-order valence-corrected chi connectivity index (χ3v) is 3.56. The molecule has 1 aromatic rings. The van der Waals surface area contributed by atoms with Crippen LogP contribution in [0.4, 0.5) is 0 Å². The highest BCUT2D eigenvalue weighted by molar-refractivity contribution is 9.10. The molecule has 0 aliphatic rings. The summed E-state index contributed by atoms with van der Waals surface area (Å²) in [5.41, 5.74) is 6.05. The number of benzene rings is 1. The van der Waals surface area contributed by atoms with Crippen LogP contribution in [0.15, 0.2) is 27.6 Å². The molecule has 3 nitrogen and oxygen atoms in total. The van der Waals surface area contributed by atoms with Crippen molar-refractivity contribution in [1.29, 1.82) is 5.41 Å². The van der Waals surface area contributed by atoms with Crippen molar-refractivity contribution in [2.75, 3.05) is 12.4 Å². The largest absolute Gasteiger partial charge is 0.396 e. The molecule has 0 heterocycles. The number of aliphatic hydroxyl groups excluding tert-OH is 1. The van der Waals surface area contributed by atoms with E-state index in [2.05, 4.69) is 15.9 Å². The smallest absolute Gasteiger partial charge is 0.122 e. The van der Waals surface area contributed by atoms with Gasteiger partial charge in [-0.25, -0.2) is 0 Å². The van der Waals surface area contributed by atoms with Gasteiger partial charge in [0.15, 0.2) is 0 Å². The maximum Gasteiger partial charge on any atom is 0.122 e. The molecule has 5 heteroatoms. The molecular formula is C9H11BrN2OS. The van der Waals surface area contributed by atoms with E-state index >= 15 is 0 Å². The minimum atomic E-state index is 0.0596. The first-order chi connectivity index (χ1) is 6.65. The summed E-state index contributed by atoms with van der Waals surface area (Å²) in [7, 11) is 0. The van der Waals surface area contributed by atoms with E-state index in [1.54, 1.807) is 17.8 Å². The van der Waals surface area contributed by atoms with Crippen LogP contribution in [0.5, 0.6) is 0 Å². The summed E-state index contributed by atoms with van der Waals surface area (Å²) in [6, 6.07) is 5.50. The summed E-state index contributed by atoms with van der Waals surface area (Å²) < 4.78 is 0.906. The summed E-state index contributed by atoms with van der Waals surface area (Å²) in [4.78, 5) is 1.05. The molecule has 0 bridgehead atoms. The molecule has 0 unspecified atom stereocenters. The summed E-state index contributed by atoms with van der Waals surface area (Å²) in [5, 5.41) is 15.9. The zero-order chi connectivity index (χ0) is 10.6. The molecule has 0 spiro atoms. The predicted molar refractivity (Wildman–Crippen MR) is 63.0 cm³/mol. The van der Waals surface area contributed by atoms with Gasteiger partial charge in [0, 0.05) is 20.7 Å². The van der Waals surface area contributed by atoms with Crippen LogP contribution in [-0.2, 0) is 0 Å². The lowest BCUT2D eigenvalue weighted by atomic mass is 10.2. The van der Waals surface area contributed by atoms with E-state index in [1.165, 1.54) is 0 Å². The van der Waals surface area contributed by atoms with Gasteiger partial charge in [0.05, 0.1) is 6.61 Å². The van der Waals surface area contributed by atoms with Crippen molar-refractivity contribution in [2.24, 2.45) is 5.73 Å². The highest BCUT2D eigenvalue weighted by Gasteiger charge is 2.03. The van der Waals surface area contributed by atoms with Crippen LogP contribution in [0.3, 0.4) is 0 Å². The quantitative estimate of drug-likeness (QED) is 0.446. The molecule has 14 heavy (non-hydrogen) atoms. The summed E-state index contributed by atoms with van der Waals surface area (Å²) in [6.45, 7) is 0.158. The van der Waals surface area contributed by atoms with Gasteiger partial charge in [-0.05, 0) is 28.1 Å². The van der Waals surface area contributed by atoms with Crippen molar-refractivity contribution in [3.63, 3.8) is 0 Å². The second-order valence-corrected chi connectivity index (χ2v) is 4.62. The average Bonchev–Trinajstić information content (AvgIpc) is 2.15. The lowest BCUT2D eigenvalue weighted by molar-refractivity contribution is 0.322. The Morgan fingerprint density at radius 2 is 2.29 bits per heavy atom. The monoisotopic (exact) mass is 274 g/mol. The molecule has 1 aromatic carbocycles. The minimum absolute atomic E-state index is 0.0596. The first-order valence-electron chi connectivity index (χ1n) is 4.02. The molecule has 0 aromatic heterocycles. The molecule has 0 saturated heterocycles. The van der Waals surface area contributed by atoms with Gasteiger partial charge in [-0.3, -0.25) is 5.41 Å². The van der Waals surface area contributed by atoms with E-state index < -0.39 is 0 Å². The van der Waals surface area contributed by atoms with Crippen LogP contribution in [0, 0.1) is 5.41 Å². The molecule has 76 valence electrons. The minimum Gasteiger partial charge on any atom is -0.396 e. The standard InChI is InChI=1S/C9H11BrN2OS/c10-7-5-6(9(11)12)1-2-8(7)14-4-3-13/h1-2,5,13H,3-4H2,(H3,11,12). The van der Waals surface area contributed by atoms with Crippen LogP contribution < -0.4 is 5.73 Å². The van der Waals surface area contributed by atoms with Crippen molar-refractivity contribution in [2.45, 2.75) is 4.90 Å². The Hall–Kier alpha value is -0.520. The van der Waals surface area contributed by atoms with Crippen molar-refractivity contribution in [3.8, 4) is 0 Å². The van der Waals surface area contributed by atoms with E-state index in [4.69, 9.17) is 16.2 Å². The first-order valence-corrected chi connectivity index (χ1v) is 5.80. The molecule has 0 aliphatic carbocycles. The normalized spacial score (nSPS) is 10.1. The number of nitrogens with two attached hydrogens (primary N) is 1. The number of aliphatic hydroxyl groups is 1. The fraction of sp³-hybridized carbons (Fsp3) is 0.222. The maximum atomic E-state index is 8.67. The number of thioether (sulfide) groups is 1. The van der Waals surface area contributed by atoms with Gasteiger partial charge in [0.2, 0.25) is 0 Å². The number of hydrogen-bond acceptors (Lipinski definition) is 3. The number of hydrogen-bond donors (Lipinski definition) is 3. The molecule has 1 rings (SSSR count). The van der Waals surface area contributed by atoms with Gasteiger partial charge < -0.3 is 10.8 Å². The zero-order valence-corrected chi connectivity index (χ0v) is 9.86.